The Morgan fingerprint density at radius 1 is 1.17 bits per heavy atom. The standard InChI is InChI=1S/C14H26O4/c1-2-4-11-6-7-13-14(10-16,18-11)9-12(17-13)5-3-8-15/h11-13,15-16H,2-10H2,1H3/t11?,12-,13-,14?/m0/s1. The number of hydrogen-bond donors (Lipinski definition) is 2. The van der Waals surface area contributed by atoms with E-state index in [0.29, 0.717) is 0 Å². The number of aliphatic hydroxyl groups excluding tert-OH is 2. The molecule has 106 valence electrons. The van der Waals surface area contributed by atoms with Crippen molar-refractivity contribution >= 4 is 0 Å². The van der Waals surface area contributed by atoms with Crippen molar-refractivity contribution in [3.63, 3.8) is 0 Å². The molecule has 0 radical (unpaired) electrons. The highest BCUT2D eigenvalue weighted by atomic mass is 16.6. The lowest BCUT2D eigenvalue weighted by Crippen LogP contribution is -2.51. The van der Waals surface area contributed by atoms with Crippen LogP contribution in [0.5, 0.6) is 0 Å². The lowest BCUT2D eigenvalue weighted by Gasteiger charge is -2.40. The van der Waals surface area contributed by atoms with E-state index in [2.05, 4.69) is 6.92 Å². The maximum atomic E-state index is 9.73. The van der Waals surface area contributed by atoms with Crippen LogP contribution >= 0.6 is 0 Å². The third kappa shape index (κ3) is 2.87. The summed E-state index contributed by atoms with van der Waals surface area (Å²) >= 11 is 0. The highest BCUT2D eigenvalue weighted by Gasteiger charge is 2.52. The highest BCUT2D eigenvalue weighted by molar-refractivity contribution is 5.01. The molecular formula is C14H26O4. The normalized spacial score (nSPS) is 39.8. The maximum absolute atomic E-state index is 9.73. The first-order valence-corrected chi connectivity index (χ1v) is 7.29. The van der Waals surface area contributed by atoms with Crippen LogP contribution in [0.4, 0.5) is 0 Å². The fourth-order valence-corrected chi connectivity index (χ4v) is 3.32. The summed E-state index contributed by atoms with van der Waals surface area (Å²) in [7, 11) is 0. The molecule has 0 bridgehead atoms. The zero-order valence-electron chi connectivity index (χ0n) is 11.3. The zero-order chi connectivity index (χ0) is 13.0. The smallest absolute Gasteiger partial charge is 0.120 e. The zero-order valence-corrected chi connectivity index (χ0v) is 11.3. The van der Waals surface area contributed by atoms with E-state index in [-0.39, 0.29) is 31.5 Å². The molecule has 0 aromatic carbocycles. The molecule has 2 rings (SSSR count). The second kappa shape index (κ2) is 6.33. The third-order valence-corrected chi connectivity index (χ3v) is 4.23. The Bertz CT molecular complexity index is 258. The Morgan fingerprint density at radius 2 is 2.00 bits per heavy atom. The molecule has 18 heavy (non-hydrogen) atoms. The van der Waals surface area contributed by atoms with E-state index < -0.39 is 5.60 Å². The number of aliphatic hydroxyl groups is 2. The topological polar surface area (TPSA) is 58.9 Å². The summed E-state index contributed by atoms with van der Waals surface area (Å²) in [6.45, 7) is 2.42. The number of rotatable bonds is 6. The summed E-state index contributed by atoms with van der Waals surface area (Å²) in [5.41, 5.74) is -0.474. The van der Waals surface area contributed by atoms with Gasteiger partial charge in [-0.2, -0.15) is 0 Å². The molecule has 4 nitrogen and oxygen atoms in total. The average Bonchev–Trinajstić information content (AvgIpc) is 2.75. The second-order valence-electron chi connectivity index (χ2n) is 5.65. The van der Waals surface area contributed by atoms with Gasteiger partial charge in [0.1, 0.15) is 5.60 Å². The molecule has 2 saturated heterocycles. The Morgan fingerprint density at radius 3 is 2.67 bits per heavy atom. The molecule has 2 unspecified atom stereocenters. The molecule has 2 aliphatic rings. The molecule has 0 saturated carbocycles. The predicted octanol–water partition coefficient (Wildman–Crippen LogP) is 1.63. The van der Waals surface area contributed by atoms with E-state index in [4.69, 9.17) is 14.6 Å². The van der Waals surface area contributed by atoms with Gasteiger partial charge in [0.15, 0.2) is 0 Å². The Labute approximate surface area is 109 Å². The highest BCUT2D eigenvalue weighted by Crippen LogP contribution is 2.43. The summed E-state index contributed by atoms with van der Waals surface area (Å²) in [5, 5.41) is 18.6. The van der Waals surface area contributed by atoms with E-state index >= 15 is 0 Å². The van der Waals surface area contributed by atoms with Gasteiger partial charge < -0.3 is 19.7 Å². The molecule has 4 atom stereocenters. The molecule has 2 heterocycles. The van der Waals surface area contributed by atoms with Crippen LogP contribution in [-0.4, -0.2) is 47.3 Å². The van der Waals surface area contributed by atoms with Gasteiger partial charge in [-0.15, -0.1) is 0 Å². The van der Waals surface area contributed by atoms with Crippen molar-refractivity contribution in [2.45, 2.75) is 75.8 Å². The van der Waals surface area contributed by atoms with Gasteiger partial charge in [-0.05, 0) is 32.1 Å². The monoisotopic (exact) mass is 258 g/mol. The van der Waals surface area contributed by atoms with Gasteiger partial charge in [0, 0.05) is 13.0 Å². The quantitative estimate of drug-likeness (QED) is 0.760. The van der Waals surface area contributed by atoms with Gasteiger partial charge >= 0.3 is 0 Å². The van der Waals surface area contributed by atoms with Crippen LogP contribution in [0, 0.1) is 0 Å². The molecule has 0 spiro atoms. The predicted molar refractivity (Wildman–Crippen MR) is 68.4 cm³/mol. The number of hydrogen-bond acceptors (Lipinski definition) is 4. The third-order valence-electron chi connectivity index (χ3n) is 4.23. The molecule has 0 aliphatic carbocycles. The minimum absolute atomic E-state index is 0.0410. The SMILES string of the molecule is CCCC1CC[C@@H]2O[C@@H](CCCO)CC2(CO)O1. The van der Waals surface area contributed by atoms with Gasteiger partial charge in [0.2, 0.25) is 0 Å². The number of fused-ring (bicyclic) bond motifs is 1. The van der Waals surface area contributed by atoms with E-state index in [0.717, 1.165) is 44.9 Å². The van der Waals surface area contributed by atoms with Crippen molar-refractivity contribution in [2.75, 3.05) is 13.2 Å². The lowest BCUT2D eigenvalue weighted by atomic mass is 9.86. The second-order valence-corrected chi connectivity index (χ2v) is 5.65. The Kier molecular flexibility index (Phi) is 5.01. The fraction of sp³-hybridized carbons (Fsp3) is 1.00. The summed E-state index contributed by atoms with van der Waals surface area (Å²) in [5.74, 6) is 0. The van der Waals surface area contributed by atoms with Gasteiger partial charge in [-0.1, -0.05) is 13.3 Å². The van der Waals surface area contributed by atoms with Gasteiger partial charge in [-0.25, -0.2) is 0 Å². The molecule has 0 aromatic heterocycles. The summed E-state index contributed by atoms with van der Waals surface area (Å²) in [6.07, 6.45) is 7.05. The maximum Gasteiger partial charge on any atom is 0.120 e. The molecule has 2 N–H and O–H groups in total. The van der Waals surface area contributed by atoms with Crippen LogP contribution in [0.15, 0.2) is 0 Å². The minimum atomic E-state index is -0.474. The Hall–Kier alpha value is -0.160. The molecule has 2 fully saturated rings. The molecule has 4 heteroatoms. The van der Waals surface area contributed by atoms with Crippen LogP contribution in [-0.2, 0) is 9.47 Å². The van der Waals surface area contributed by atoms with Crippen molar-refractivity contribution in [2.24, 2.45) is 0 Å². The summed E-state index contributed by atoms with van der Waals surface area (Å²) in [4.78, 5) is 0. The lowest BCUT2D eigenvalue weighted by molar-refractivity contribution is -0.183. The van der Waals surface area contributed by atoms with Crippen LogP contribution in [0.2, 0.25) is 0 Å². The van der Waals surface area contributed by atoms with E-state index in [1.54, 1.807) is 0 Å². The van der Waals surface area contributed by atoms with Crippen molar-refractivity contribution in [3.8, 4) is 0 Å². The van der Waals surface area contributed by atoms with Gasteiger partial charge in [-0.3, -0.25) is 0 Å². The van der Waals surface area contributed by atoms with E-state index in [1.165, 1.54) is 0 Å². The number of ether oxygens (including phenoxy) is 2. The molecular weight excluding hydrogens is 232 g/mol. The van der Waals surface area contributed by atoms with Crippen molar-refractivity contribution < 1.29 is 19.7 Å². The van der Waals surface area contributed by atoms with E-state index in [1.807, 2.05) is 0 Å². The van der Waals surface area contributed by atoms with Gasteiger partial charge in [0.05, 0.1) is 24.9 Å². The van der Waals surface area contributed by atoms with E-state index in [9.17, 15) is 5.11 Å². The molecule has 2 aliphatic heterocycles. The fourth-order valence-electron chi connectivity index (χ4n) is 3.32. The first kappa shape index (κ1) is 14.3. The van der Waals surface area contributed by atoms with Crippen LogP contribution in [0.3, 0.4) is 0 Å². The summed E-state index contributed by atoms with van der Waals surface area (Å²) < 4.78 is 12.2. The first-order valence-electron chi connectivity index (χ1n) is 7.29. The van der Waals surface area contributed by atoms with Crippen molar-refractivity contribution in [1.29, 1.82) is 0 Å². The van der Waals surface area contributed by atoms with Crippen LogP contribution in [0.1, 0.15) is 51.9 Å². The molecule has 0 aromatic rings. The van der Waals surface area contributed by atoms with Crippen LogP contribution in [0.25, 0.3) is 0 Å². The van der Waals surface area contributed by atoms with Gasteiger partial charge in [0.25, 0.3) is 0 Å². The Balaban J connectivity index is 1.96. The average molecular weight is 258 g/mol. The minimum Gasteiger partial charge on any atom is -0.396 e. The van der Waals surface area contributed by atoms with Crippen molar-refractivity contribution in [1.82, 2.24) is 0 Å². The van der Waals surface area contributed by atoms with Crippen molar-refractivity contribution in [3.05, 3.63) is 0 Å². The summed E-state index contributed by atoms with van der Waals surface area (Å²) in [6, 6.07) is 0. The van der Waals surface area contributed by atoms with Crippen LogP contribution < -0.4 is 0 Å². The first-order chi connectivity index (χ1) is 8.74. The molecule has 0 amide bonds. The largest absolute Gasteiger partial charge is 0.396 e.